The molecule has 4 rings (SSSR count). The van der Waals surface area contributed by atoms with Crippen molar-refractivity contribution < 1.29 is 22.7 Å². The van der Waals surface area contributed by atoms with Gasteiger partial charge < -0.3 is 10.4 Å². The average Bonchev–Trinajstić information content (AvgIpc) is 2.66. The molecule has 2 atom stereocenters. The molecule has 30 heavy (non-hydrogen) atoms. The van der Waals surface area contributed by atoms with Crippen molar-refractivity contribution in [2.45, 2.75) is 50.4 Å². The zero-order valence-electron chi connectivity index (χ0n) is 16.7. The monoisotopic (exact) mass is 419 g/mol. The number of aromatic nitrogens is 2. The van der Waals surface area contributed by atoms with E-state index >= 15 is 0 Å². The second kappa shape index (κ2) is 6.63. The largest absolute Gasteiger partial charge is 0.419 e. The van der Waals surface area contributed by atoms with Crippen LogP contribution in [0.15, 0.2) is 42.6 Å². The summed E-state index contributed by atoms with van der Waals surface area (Å²) in [6, 6.07) is 7.75. The van der Waals surface area contributed by atoms with E-state index in [4.69, 9.17) is 0 Å². The number of aryl methyl sites for hydroxylation is 1. The van der Waals surface area contributed by atoms with Crippen molar-refractivity contribution in [2.75, 3.05) is 5.32 Å². The number of anilines is 1. The fourth-order valence-corrected chi connectivity index (χ4v) is 4.41. The van der Waals surface area contributed by atoms with Gasteiger partial charge in [0.2, 0.25) is 0 Å². The molecule has 1 aromatic heterocycles. The van der Waals surface area contributed by atoms with E-state index in [-0.39, 0.29) is 16.6 Å². The van der Waals surface area contributed by atoms with Crippen molar-refractivity contribution in [2.24, 2.45) is 0 Å². The summed E-state index contributed by atoms with van der Waals surface area (Å²) in [4.78, 5) is 8.12. The number of aliphatic hydroxyl groups is 1. The molecule has 0 fully saturated rings. The molecule has 0 spiro atoms. The van der Waals surface area contributed by atoms with E-state index < -0.39 is 35.5 Å². The second-order valence-electron chi connectivity index (χ2n) is 8.42. The summed E-state index contributed by atoms with van der Waals surface area (Å²) in [5.41, 5.74) is -2.64. The molecule has 0 radical (unpaired) electrons. The van der Waals surface area contributed by atoms with E-state index in [1.165, 1.54) is 12.3 Å². The topological polar surface area (TPSA) is 58.0 Å². The number of hydrogen-bond acceptors (Lipinski definition) is 4. The SMILES string of the molecule is Cc1ncc2c(N[C@H]3c4ccccc4C(C)(C)C[C@]3(O)C(F)(F)F)ccc(F)c2n1. The highest BCUT2D eigenvalue weighted by Crippen LogP contribution is 2.54. The van der Waals surface area contributed by atoms with Crippen LogP contribution in [0.4, 0.5) is 23.2 Å². The van der Waals surface area contributed by atoms with Crippen molar-refractivity contribution in [3.8, 4) is 0 Å². The minimum absolute atomic E-state index is 0.00692. The highest BCUT2D eigenvalue weighted by molar-refractivity contribution is 5.91. The highest BCUT2D eigenvalue weighted by atomic mass is 19.4. The zero-order valence-corrected chi connectivity index (χ0v) is 16.7. The van der Waals surface area contributed by atoms with Gasteiger partial charge in [-0.2, -0.15) is 13.2 Å². The fourth-order valence-electron chi connectivity index (χ4n) is 4.41. The van der Waals surface area contributed by atoms with Gasteiger partial charge in [0.05, 0.1) is 6.04 Å². The Morgan fingerprint density at radius 1 is 1.13 bits per heavy atom. The number of fused-ring (bicyclic) bond motifs is 2. The molecule has 0 unspecified atom stereocenters. The van der Waals surface area contributed by atoms with Gasteiger partial charge in [0.15, 0.2) is 5.60 Å². The highest BCUT2D eigenvalue weighted by Gasteiger charge is 2.63. The molecule has 4 nitrogen and oxygen atoms in total. The van der Waals surface area contributed by atoms with Crippen LogP contribution in [0.3, 0.4) is 0 Å². The third kappa shape index (κ3) is 3.10. The molecule has 1 aliphatic rings. The van der Waals surface area contributed by atoms with Crippen LogP contribution in [0, 0.1) is 12.7 Å². The maximum atomic E-state index is 14.3. The predicted molar refractivity (Wildman–Crippen MR) is 106 cm³/mol. The number of alkyl halides is 3. The number of halogens is 4. The predicted octanol–water partition coefficient (Wildman–Crippen LogP) is 5.21. The van der Waals surface area contributed by atoms with E-state index in [1.54, 1.807) is 45.0 Å². The summed E-state index contributed by atoms with van der Waals surface area (Å²) in [6.45, 7) is 4.96. The van der Waals surface area contributed by atoms with Crippen molar-refractivity contribution in [3.63, 3.8) is 0 Å². The lowest BCUT2D eigenvalue weighted by Gasteiger charge is -2.49. The molecular weight excluding hydrogens is 398 g/mol. The Kier molecular flexibility index (Phi) is 4.54. The Hall–Kier alpha value is -2.74. The lowest BCUT2D eigenvalue weighted by atomic mass is 9.63. The van der Waals surface area contributed by atoms with Crippen molar-refractivity contribution in [1.82, 2.24) is 9.97 Å². The first-order valence-corrected chi connectivity index (χ1v) is 9.51. The number of rotatable bonds is 2. The summed E-state index contributed by atoms with van der Waals surface area (Å²) in [5.74, 6) is -0.257. The van der Waals surface area contributed by atoms with Gasteiger partial charge in [-0.05, 0) is 42.0 Å². The second-order valence-corrected chi connectivity index (χ2v) is 8.42. The van der Waals surface area contributed by atoms with Crippen molar-refractivity contribution >= 4 is 16.6 Å². The molecule has 0 aliphatic heterocycles. The Morgan fingerprint density at radius 2 is 1.83 bits per heavy atom. The van der Waals surface area contributed by atoms with Crippen LogP contribution in [0.1, 0.15) is 43.3 Å². The molecule has 1 aliphatic carbocycles. The Morgan fingerprint density at radius 3 is 2.53 bits per heavy atom. The minimum Gasteiger partial charge on any atom is -0.379 e. The quantitative estimate of drug-likeness (QED) is 0.560. The Balaban J connectivity index is 1.92. The summed E-state index contributed by atoms with van der Waals surface area (Å²) in [5, 5.41) is 14.1. The van der Waals surface area contributed by atoms with Crippen LogP contribution in [0.25, 0.3) is 10.9 Å². The van der Waals surface area contributed by atoms with Crippen LogP contribution in [0.2, 0.25) is 0 Å². The smallest absolute Gasteiger partial charge is 0.379 e. The molecule has 3 aromatic rings. The average molecular weight is 419 g/mol. The first-order valence-electron chi connectivity index (χ1n) is 9.51. The molecule has 0 saturated heterocycles. The maximum Gasteiger partial charge on any atom is 0.419 e. The van der Waals surface area contributed by atoms with Gasteiger partial charge in [-0.3, -0.25) is 0 Å². The normalized spacial score (nSPS) is 23.3. The third-order valence-corrected chi connectivity index (χ3v) is 5.80. The van der Waals surface area contributed by atoms with E-state index in [2.05, 4.69) is 15.3 Å². The van der Waals surface area contributed by atoms with E-state index in [0.29, 0.717) is 11.4 Å². The van der Waals surface area contributed by atoms with Crippen LogP contribution in [-0.4, -0.2) is 26.9 Å². The van der Waals surface area contributed by atoms with Gasteiger partial charge >= 0.3 is 6.18 Å². The summed E-state index contributed by atoms with van der Waals surface area (Å²) < 4.78 is 56.8. The molecule has 2 aromatic carbocycles. The van der Waals surface area contributed by atoms with E-state index in [9.17, 15) is 22.7 Å². The number of nitrogens with one attached hydrogen (secondary N) is 1. The summed E-state index contributed by atoms with van der Waals surface area (Å²) in [7, 11) is 0. The number of benzene rings is 2. The lowest BCUT2D eigenvalue weighted by molar-refractivity contribution is -0.275. The van der Waals surface area contributed by atoms with E-state index in [1.807, 2.05) is 0 Å². The van der Waals surface area contributed by atoms with Gasteiger partial charge in [0.25, 0.3) is 0 Å². The number of nitrogens with zero attached hydrogens (tertiary/aromatic N) is 2. The van der Waals surface area contributed by atoms with Gasteiger partial charge in [-0.25, -0.2) is 14.4 Å². The van der Waals surface area contributed by atoms with Crippen LogP contribution in [0.5, 0.6) is 0 Å². The van der Waals surface area contributed by atoms with Gasteiger partial charge in [0, 0.05) is 17.3 Å². The fraction of sp³-hybridized carbons (Fsp3) is 0.364. The molecular formula is C22H21F4N3O. The minimum atomic E-state index is -4.89. The Bertz CT molecular complexity index is 1130. The zero-order chi connectivity index (χ0) is 21.9. The molecule has 1 heterocycles. The first kappa shape index (κ1) is 20.5. The first-order chi connectivity index (χ1) is 13.9. The van der Waals surface area contributed by atoms with Gasteiger partial charge in [0.1, 0.15) is 17.2 Å². The van der Waals surface area contributed by atoms with Crippen LogP contribution >= 0.6 is 0 Å². The molecule has 8 heteroatoms. The molecule has 0 saturated carbocycles. The third-order valence-electron chi connectivity index (χ3n) is 5.80. The summed E-state index contributed by atoms with van der Waals surface area (Å²) >= 11 is 0. The standard InChI is InChI=1S/C22H21F4N3O/c1-12-27-10-14-17(9-8-16(23)18(14)28-12)29-19-13-6-4-5-7-15(13)20(2,3)11-21(19,30)22(24,25)26/h4-10,19,29-30H,11H2,1-3H3/t19-,21+/m0/s1. The lowest BCUT2D eigenvalue weighted by Crippen LogP contribution is -2.58. The molecule has 0 amide bonds. The van der Waals surface area contributed by atoms with E-state index in [0.717, 1.165) is 11.6 Å². The molecule has 2 N–H and O–H groups in total. The van der Waals surface area contributed by atoms with Gasteiger partial charge in [-0.1, -0.05) is 38.1 Å². The van der Waals surface area contributed by atoms with Crippen LogP contribution < -0.4 is 5.32 Å². The molecule has 0 bridgehead atoms. The van der Waals surface area contributed by atoms with Crippen molar-refractivity contribution in [1.29, 1.82) is 0 Å². The van der Waals surface area contributed by atoms with Crippen molar-refractivity contribution in [3.05, 3.63) is 65.4 Å². The van der Waals surface area contributed by atoms with Crippen LogP contribution in [-0.2, 0) is 5.41 Å². The Labute approximate surface area is 171 Å². The molecule has 158 valence electrons. The summed E-state index contributed by atoms with van der Waals surface area (Å²) in [6.07, 6.45) is -4.04. The van der Waals surface area contributed by atoms with Gasteiger partial charge in [-0.15, -0.1) is 0 Å². The maximum absolute atomic E-state index is 14.3. The number of hydrogen-bond donors (Lipinski definition) is 2.